The summed E-state index contributed by atoms with van der Waals surface area (Å²) in [5, 5.41) is 15.1. The van der Waals surface area contributed by atoms with Gasteiger partial charge in [-0.1, -0.05) is 11.6 Å². The van der Waals surface area contributed by atoms with E-state index in [0.717, 1.165) is 35.1 Å². The number of carbonyl (C=O) groups is 1. The van der Waals surface area contributed by atoms with Crippen LogP contribution < -0.4 is 10.6 Å². The number of halogens is 2. The number of amides is 1. The summed E-state index contributed by atoms with van der Waals surface area (Å²) in [5.41, 5.74) is 0. The first-order chi connectivity index (χ1) is 9.02. The van der Waals surface area contributed by atoms with Crippen LogP contribution in [0, 0.1) is 3.57 Å². The fourth-order valence-electron chi connectivity index (χ4n) is 2.31. The van der Waals surface area contributed by atoms with Crippen LogP contribution in [0.15, 0.2) is 12.1 Å². The third-order valence-electron chi connectivity index (χ3n) is 3.17. The molecule has 1 saturated carbocycles. The highest BCUT2D eigenvalue weighted by Gasteiger charge is 2.22. The maximum Gasteiger partial charge on any atom is 0.404 e. The number of anilines is 1. The van der Waals surface area contributed by atoms with Crippen LogP contribution in [0.3, 0.4) is 0 Å². The van der Waals surface area contributed by atoms with E-state index in [1.165, 1.54) is 0 Å². The summed E-state index contributed by atoms with van der Waals surface area (Å²) < 4.78 is 1.04. The van der Waals surface area contributed by atoms with Gasteiger partial charge in [0.2, 0.25) is 0 Å². The Morgan fingerprint density at radius 3 is 2.53 bits per heavy atom. The Bertz CT molecular complexity index is 444. The molecule has 1 amide bonds. The van der Waals surface area contributed by atoms with Gasteiger partial charge in [-0.3, -0.25) is 0 Å². The Labute approximate surface area is 130 Å². The van der Waals surface area contributed by atoms with Crippen LogP contribution in [0.1, 0.15) is 25.7 Å². The van der Waals surface area contributed by atoms with Crippen LogP contribution in [0.2, 0.25) is 5.15 Å². The second-order valence-corrected chi connectivity index (χ2v) is 6.27. The van der Waals surface area contributed by atoms with Crippen LogP contribution in [0.25, 0.3) is 0 Å². The average Bonchev–Trinajstić information content (AvgIpc) is 2.29. The van der Waals surface area contributed by atoms with Crippen LogP contribution >= 0.6 is 34.2 Å². The van der Waals surface area contributed by atoms with E-state index in [9.17, 15) is 4.79 Å². The third-order valence-corrected chi connectivity index (χ3v) is 3.98. The van der Waals surface area contributed by atoms with Gasteiger partial charge in [0, 0.05) is 15.7 Å². The van der Waals surface area contributed by atoms with E-state index < -0.39 is 6.09 Å². The molecule has 1 heterocycles. The van der Waals surface area contributed by atoms with Crippen molar-refractivity contribution in [1.29, 1.82) is 0 Å². The van der Waals surface area contributed by atoms with Gasteiger partial charge in [-0.05, 0) is 60.4 Å². The predicted molar refractivity (Wildman–Crippen MR) is 82.8 cm³/mol. The lowest BCUT2D eigenvalue weighted by Crippen LogP contribution is -2.39. The Balaban J connectivity index is 1.86. The van der Waals surface area contributed by atoms with Crippen molar-refractivity contribution >= 4 is 46.1 Å². The van der Waals surface area contributed by atoms with E-state index in [1.54, 1.807) is 6.07 Å². The topological polar surface area (TPSA) is 74.2 Å². The molecule has 104 valence electrons. The maximum absolute atomic E-state index is 10.6. The monoisotopic (exact) mass is 395 g/mol. The van der Waals surface area contributed by atoms with Gasteiger partial charge < -0.3 is 15.7 Å². The average molecular weight is 396 g/mol. The first-order valence-electron chi connectivity index (χ1n) is 6.12. The third kappa shape index (κ3) is 4.68. The highest BCUT2D eigenvalue weighted by atomic mass is 127. The van der Waals surface area contributed by atoms with Gasteiger partial charge in [-0.25, -0.2) is 9.78 Å². The molecule has 5 nitrogen and oxygen atoms in total. The number of carboxylic acid groups (broad SMARTS) is 1. The van der Waals surface area contributed by atoms with E-state index in [1.807, 2.05) is 6.07 Å². The molecule has 0 aromatic carbocycles. The zero-order valence-electron chi connectivity index (χ0n) is 10.2. The molecule has 0 bridgehead atoms. The van der Waals surface area contributed by atoms with Crippen molar-refractivity contribution < 1.29 is 9.90 Å². The number of hydrogen-bond acceptors (Lipinski definition) is 3. The molecule has 19 heavy (non-hydrogen) atoms. The van der Waals surface area contributed by atoms with Crippen molar-refractivity contribution in [3.05, 3.63) is 20.9 Å². The zero-order chi connectivity index (χ0) is 13.8. The maximum atomic E-state index is 10.6. The van der Waals surface area contributed by atoms with E-state index in [0.29, 0.717) is 11.2 Å². The fraction of sp³-hybridized carbons (Fsp3) is 0.500. The second kappa shape index (κ2) is 6.60. The Hall–Kier alpha value is -0.760. The van der Waals surface area contributed by atoms with E-state index in [2.05, 4.69) is 38.2 Å². The van der Waals surface area contributed by atoms with Gasteiger partial charge in [0.25, 0.3) is 0 Å². The molecular weight excluding hydrogens is 381 g/mol. The largest absolute Gasteiger partial charge is 0.465 e. The Kier molecular flexibility index (Phi) is 5.09. The minimum atomic E-state index is -0.942. The molecule has 1 aliphatic rings. The lowest BCUT2D eigenvalue weighted by Gasteiger charge is -2.29. The number of rotatable bonds is 3. The highest BCUT2D eigenvalue weighted by Crippen LogP contribution is 2.23. The summed E-state index contributed by atoms with van der Waals surface area (Å²) in [6.45, 7) is 0. The van der Waals surface area contributed by atoms with Crippen molar-refractivity contribution in [2.45, 2.75) is 37.8 Å². The van der Waals surface area contributed by atoms with Crippen molar-refractivity contribution in [3.63, 3.8) is 0 Å². The second-order valence-electron chi connectivity index (χ2n) is 4.64. The van der Waals surface area contributed by atoms with Gasteiger partial charge in [0.05, 0.1) is 0 Å². The summed E-state index contributed by atoms with van der Waals surface area (Å²) in [4.78, 5) is 14.8. The fourth-order valence-corrected chi connectivity index (χ4v) is 3.29. The standard InChI is InChI=1S/C12H15ClIN3O2/c13-10-5-7(14)6-11(17-10)15-8-1-3-9(4-2-8)16-12(18)19/h5-6,8-9,16H,1-4H2,(H,15,17)(H,18,19). The molecule has 0 atom stereocenters. The van der Waals surface area contributed by atoms with Gasteiger partial charge >= 0.3 is 6.09 Å². The van der Waals surface area contributed by atoms with Crippen LogP contribution in [-0.2, 0) is 0 Å². The predicted octanol–water partition coefficient (Wildman–Crippen LogP) is 3.33. The number of nitrogens with one attached hydrogen (secondary N) is 2. The molecule has 0 spiro atoms. The molecule has 0 radical (unpaired) electrons. The highest BCUT2D eigenvalue weighted by molar-refractivity contribution is 14.1. The van der Waals surface area contributed by atoms with Gasteiger partial charge in [-0.15, -0.1) is 0 Å². The quantitative estimate of drug-likeness (QED) is 0.542. The van der Waals surface area contributed by atoms with E-state index in [-0.39, 0.29) is 6.04 Å². The number of pyridine rings is 1. The molecule has 7 heteroatoms. The number of aromatic nitrogens is 1. The van der Waals surface area contributed by atoms with E-state index in [4.69, 9.17) is 16.7 Å². The molecule has 0 aliphatic heterocycles. The molecule has 3 N–H and O–H groups in total. The summed E-state index contributed by atoms with van der Waals surface area (Å²) >= 11 is 8.12. The Morgan fingerprint density at radius 1 is 1.32 bits per heavy atom. The molecule has 0 saturated heterocycles. The summed E-state index contributed by atoms with van der Waals surface area (Å²) in [7, 11) is 0. The molecule has 2 rings (SSSR count). The lowest BCUT2D eigenvalue weighted by atomic mass is 9.91. The smallest absolute Gasteiger partial charge is 0.404 e. The molecular formula is C12H15ClIN3O2. The SMILES string of the molecule is O=C(O)NC1CCC(Nc2cc(I)cc(Cl)n2)CC1. The lowest BCUT2D eigenvalue weighted by molar-refractivity contribution is 0.185. The molecule has 1 aromatic rings. The number of hydrogen-bond donors (Lipinski definition) is 3. The van der Waals surface area contributed by atoms with Crippen LogP contribution in [-0.4, -0.2) is 28.3 Å². The summed E-state index contributed by atoms with van der Waals surface area (Å²) in [6.07, 6.45) is 2.61. The van der Waals surface area contributed by atoms with Crippen molar-refractivity contribution in [2.75, 3.05) is 5.32 Å². The molecule has 1 fully saturated rings. The van der Waals surface area contributed by atoms with Crippen molar-refractivity contribution in [1.82, 2.24) is 10.3 Å². The molecule has 0 unspecified atom stereocenters. The number of nitrogens with zero attached hydrogens (tertiary/aromatic N) is 1. The van der Waals surface area contributed by atoms with Crippen LogP contribution in [0.4, 0.5) is 10.6 Å². The summed E-state index contributed by atoms with van der Waals surface area (Å²) in [5.74, 6) is 0.784. The summed E-state index contributed by atoms with van der Waals surface area (Å²) in [6, 6.07) is 4.16. The van der Waals surface area contributed by atoms with Gasteiger partial charge in [0.1, 0.15) is 11.0 Å². The molecule has 1 aliphatic carbocycles. The molecule has 1 aromatic heterocycles. The van der Waals surface area contributed by atoms with E-state index >= 15 is 0 Å². The first kappa shape index (κ1) is 14.6. The van der Waals surface area contributed by atoms with Crippen LogP contribution in [0.5, 0.6) is 0 Å². The Morgan fingerprint density at radius 2 is 1.95 bits per heavy atom. The minimum Gasteiger partial charge on any atom is -0.465 e. The minimum absolute atomic E-state index is 0.0722. The van der Waals surface area contributed by atoms with Gasteiger partial charge in [0.15, 0.2) is 0 Å². The van der Waals surface area contributed by atoms with Crippen molar-refractivity contribution in [3.8, 4) is 0 Å². The van der Waals surface area contributed by atoms with Gasteiger partial charge in [-0.2, -0.15) is 0 Å². The first-order valence-corrected chi connectivity index (χ1v) is 7.57. The van der Waals surface area contributed by atoms with Crippen molar-refractivity contribution in [2.24, 2.45) is 0 Å². The normalized spacial score (nSPS) is 22.8. The zero-order valence-corrected chi connectivity index (χ0v) is 13.1.